The molecule has 0 aliphatic rings. The fraction of sp³-hybridized carbons (Fsp3) is 0.0556. The molecular formula is C18H14N6O2. The third-order valence-corrected chi connectivity index (χ3v) is 3.74. The van der Waals surface area contributed by atoms with Gasteiger partial charge in [0.2, 0.25) is 12.3 Å². The Bertz CT molecular complexity index is 1040. The molecule has 2 aromatic heterocycles. The van der Waals surface area contributed by atoms with Gasteiger partial charge in [0.15, 0.2) is 5.69 Å². The van der Waals surface area contributed by atoms with E-state index in [1.165, 1.54) is 6.39 Å². The topological polar surface area (TPSA) is 98.7 Å². The number of hydrogen-bond donors (Lipinski definition) is 1. The van der Waals surface area contributed by atoms with Crippen LogP contribution in [0.25, 0.3) is 17.1 Å². The lowest BCUT2D eigenvalue weighted by Gasteiger charge is -2.03. The predicted molar refractivity (Wildman–Crippen MR) is 93.8 cm³/mol. The van der Waals surface area contributed by atoms with E-state index in [2.05, 4.69) is 25.8 Å². The molecule has 128 valence electrons. The number of nitrogens with one attached hydrogen (secondary N) is 1. The zero-order chi connectivity index (χ0) is 17.9. The first-order valence-corrected chi connectivity index (χ1v) is 7.86. The van der Waals surface area contributed by atoms with Gasteiger partial charge in [0.1, 0.15) is 0 Å². The molecule has 0 saturated heterocycles. The molecule has 0 unspecified atom stereocenters. The minimum atomic E-state index is -0.338. The van der Waals surface area contributed by atoms with E-state index in [1.807, 2.05) is 31.2 Å². The number of aromatic nitrogens is 5. The number of carbonyl (C=O) groups excluding carboxylic acids is 1. The summed E-state index contributed by atoms with van der Waals surface area (Å²) in [6.07, 6.45) is 2.86. The average molecular weight is 346 g/mol. The highest BCUT2D eigenvalue weighted by Gasteiger charge is 2.12. The Labute approximate surface area is 148 Å². The molecule has 4 rings (SSSR count). The molecule has 1 amide bonds. The lowest BCUT2D eigenvalue weighted by atomic mass is 10.2. The maximum Gasteiger partial charge on any atom is 0.277 e. The Hall–Kier alpha value is -3.81. The van der Waals surface area contributed by atoms with Crippen LogP contribution >= 0.6 is 0 Å². The third-order valence-electron chi connectivity index (χ3n) is 3.74. The van der Waals surface area contributed by atoms with Crippen LogP contribution in [-0.4, -0.2) is 31.1 Å². The minimum Gasteiger partial charge on any atom is -0.423 e. The summed E-state index contributed by atoms with van der Waals surface area (Å²) in [5, 5.41) is 18.2. The monoisotopic (exact) mass is 346 g/mol. The van der Waals surface area contributed by atoms with Gasteiger partial charge in [0.05, 0.1) is 11.9 Å². The van der Waals surface area contributed by atoms with E-state index in [4.69, 9.17) is 4.42 Å². The summed E-state index contributed by atoms with van der Waals surface area (Å²) in [5.74, 6) is 0.0819. The fourth-order valence-electron chi connectivity index (χ4n) is 2.45. The van der Waals surface area contributed by atoms with Crippen molar-refractivity contribution in [1.82, 2.24) is 25.2 Å². The lowest BCUT2D eigenvalue weighted by molar-refractivity contribution is 0.102. The van der Waals surface area contributed by atoms with Crippen LogP contribution in [0, 0.1) is 6.92 Å². The first kappa shape index (κ1) is 15.7. The second-order valence-corrected chi connectivity index (χ2v) is 5.66. The maximum absolute atomic E-state index is 12.4. The predicted octanol–water partition coefficient (Wildman–Crippen LogP) is 2.88. The van der Waals surface area contributed by atoms with Crippen LogP contribution < -0.4 is 5.32 Å². The summed E-state index contributed by atoms with van der Waals surface area (Å²) in [6.45, 7) is 1.99. The van der Waals surface area contributed by atoms with Gasteiger partial charge in [0, 0.05) is 11.3 Å². The molecule has 1 N–H and O–H groups in total. The molecule has 2 heterocycles. The molecule has 0 fully saturated rings. The van der Waals surface area contributed by atoms with Gasteiger partial charge < -0.3 is 9.73 Å². The molecule has 8 heteroatoms. The van der Waals surface area contributed by atoms with Crippen molar-refractivity contribution in [1.29, 1.82) is 0 Å². The molecule has 0 atom stereocenters. The summed E-state index contributed by atoms with van der Waals surface area (Å²) < 4.78 is 6.70. The second-order valence-electron chi connectivity index (χ2n) is 5.66. The molecule has 0 saturated carbocycles. The molecule has 26 heavy (non-hydrogen) atoms. The van der Waals surface area contributed by atoms with E-state index in [0.29, 0.717) is 11.6 Å². The van der Waals surface area contributed by atoms with Crippen LogP contribution in [0.1, 0.15) is 16.1 Å². The smallest absolute Gasteiger partial charge is 0.277 e. The molecular weight excluding hydrogens is 332 g/mol. The Morgan fingerprint density at radius 2 is 1.96 bits per heavy atom. The average Bonchev–Trinajstić information content (AvgIpc) is 3.35. The van der Waals surface area contributed by atoms with E-state index in [0.717, 1.165) is 16.8 Å². The van der Waals surface area contributed by atoms with Gasteiger partial charge in [-0.3, -0.25) is 4.79 Å². The summed E-state index contributed by atoms with van der Waals surface area (Å²) >= 11 is 0. The van der Waals surface area contributed by atoms with Gasteiger partial charge >= 0.3 is 0 Å². The standard InChI is InChI=1S/C18H14N6O2/c1-12-3-2-4-15(9-12)24-10-16(21-23-24)17(25)20-14-7-5-13(6-8-14)18-22-19-11-26-18/h2-11H,1H3,(H,20,25). The summed E-state index contributed by atoms with van der Waals surface area (Å²) in [6, 6.07) is 14.9. The molecule has 4 aromatic rings. The fourth-order valence-corrected chi connectivity index (χ4v) is 2.45. The van der Waals surface area contributed by atoms with Crippen LogP contribution in [-0.2, 0) is 0 Å². The van der Waals surface area contributed by atoms with E-state index in [-0.39, 0.29) is 11.6 Å². The number of anilines is 1. The lowest BCUT2D eigenvalue weighted by Crippen LogP contribution is -2.12. The van der Waals surface area contributed by atoms with Crippen LogP contribution in [0.4, 0.5) is 5.69 Å². The van der Waals surface area contributed by atoms with Crippen LogP contribution in [0.3, 0.4) is 0 Å². The molecule has 0 aliphatic carbocycles. The van der Waals surface area contributed by atoms with Crippen molar-refractivity contribution in [2.75, 3.05) is 5.32 Å². The molecule has 0 radical (unpaired) electrons. The van der Waals surface area contributed by atoms with Crippen molar-refractivity contribution < 1.29 is 9.21 Å². The number of amides is 1. The van der Waals surface area contributed by atoms with Crippen molar-refractivity contribution in [3.63, 3.8) is 0 Å². The highest BCUT2D eigenvalue weighted by atomic mass is 16.4. The van der Waals surface area contributed by atoms with E-state index >= 15 is 0 Å². The highest BCUT2D eigenvalue weighted by Crippen LogP contribution is 2.19. The molecule has 0 bridgehead atoms. The molecule has 0 aliphatic heterocycles. The van der Waals surface area contributed by atoms with Crippen LogP contribution in [0.15, 0.2) is 65.5 Å². The van der Waals surface area contributed by atoms with E-state index in [1.54, 1.807) is 35.1 Å². The Morgan fingerprint density at radius 1 is 1.12 bits per heavy atom. The zero-order valence-corrected chi connectivity index (χ0v) is 13.8. The van der Waals surface area contributed by atoms with Crippen molar-refractivity contribution in [3.05, 3.63) is 72.4 Å². The highest BCUT2D eigenvalue weighted by molar-refractivity contribution is 6.02. The van der Waals surface area contributed by atoms with Gasteiger partial charge in [-0.1, -0.05) is 17.3 Å². The number of nitrogens with zero attached hydrogens (tertiary/aromatic N) is 5. The Morgan fingerprint density at radius 3 is 2.69 bits per heavy atom. The summed E-state index contributed by atoms with van der Waals surface area (Å²) in [5.41, 5.74) is 3.58. The largest absolute Gasteiger partial charge is 0.423 e. The van der Waals surface area contributed by atoms with Gasteiger partial charge in [-0.05, 0) is 48.9 Å². The van der Waals surface area contributed by atoms with E-state index in [9.17, 15) is 4.79 Å². The van der Waals surface area contributed by atoms with E-state index < -0.39 is 0 Å². The molecule has 8 nitrogen and oxygen atoms in total. The molecule has 0 spiro atoms. The number of rotatable bonds is 4. The van der Waals surface area contributed by atoms with Crippen molar-refractivity contribution in [2.45, 2.75) is 6.92 Å². The Balaban J connectivity index is 1.48. The van der Waals surface area contributed by atoms with Gasteiger partial charge in [-0.2, -0.15) is 0 Å². The minimum absolute atomic E-state index is 0.229. The van der Waals surface area contributed by atoms with Crippen molar-refractivity contribution in [3.8, 4) is 17.1 Å². The van der Waals surface area contributed by atoms with Crippen molar-refractivity contribution >= 4 is 11.6 Å². The first-order chi connectivity index (χ1) is 12.7. The van der Waals surface area contributed by atoms with Gasteiger partial charge in [-0.25, -0.2) is 4.68 Å². The number of hydrogen-bond acceptors (Lipinski definition) is 6. The quantitative estimate of drug-likeness (QED) is 0.610. The van der Waals surface area contributed by atoms with Crippen LogP contribution in [0.5, 0.6) is 0 Å². The summed E-state index contributed by atoms with van der Waals surface area (Å²) in [4.78, 5) is 12.4. The number of aryl methyl sites for hydroxylation is 1. The third kappa shape index (κ3) is 3.20. The summed E-state index contributed by atoms with van der Waals surface area (Å²) in [7, 11) is 0. The SMILES string of the molecule is Cc1cccc(-n2cc(C(=O)Nc3ccc(-c4nnco4)cc3)nn2)c1. The second kappa shape index (κ2) is 6.60. The van der Waals surface area contributed by atoms with Gasteiger partial charge in [0.25, 0.3) is 5.91 Å². The normalized spacial score (nSPS) is 10.7. The molecule has 2 aromatic carbocycles. The number of benzene rings is 2. The maximum atomic E-state index is 12.4. The number of carbonyl (C=O) groups is 1. The first-order valence-electron chi connectivity index (χ1n) is 7.86. The van der Waals surface area contributed by atoms with Crippen LogP contribution in [0.2, 0.25) is 0 Å². The van der Waals surface area contributed by atoms with Crippen molar-refractivity contribution in [2.24, 2.45) is 0 Å². The van der Waals surface area contributed by atoms with Gasteiger partial charge in [-0.15, -0.1) is 15.3 Å². The zero-order valence-electron chi connectivity index (χ0n) is 13.8. The Kier molecular flexibility index (Phi) is 3.98.